The minimum atomic E-state index is -0.153. The Morgan fingerprint density at radius 1 is 1.35 bits per heavy atom. The van der Waals surface area contributed by atoms with Gasteiger partial charge in [-0.25, -0.2) is 9.78 Å². The van der Waals surface area contributed by atoms with E-state index >= 15 is 0 Å². The molecule has 0 radical (unpaired) electrons. The van der Waals surface area contributed by atoms with Crippen molar-refractivity contribution in [1.29, 1.82) is 0 Å². The van der Waals surface area contributed by atoms with Crippen LogP contribution >= 0.6 is 0 Å². The largest absolute Gasteiger partial charge is 0.493 e. The second-order valence-electron chi connectivity index (χ2n) is 6.14. The highest BCUT2D eigenvalue weighted by atomic mass is 16.5. The number of benzene rings is 1. The van der Waals surface area contributed by atoms with Gasteiger partial charge < -0.3 is 24.7 Å². The Bertz CT molecular complexity index is 729. The number of imidazole rings is 1. The maximum Gasteiger partial charge on any atom is 0.318 e. The third-order valence-electron chi connectivity index (χ3n) is 4.05. The molecule has 2 N–H and O–H groups in total. The highest BCUT2D eigenvalue weighted by molar-refractivity contribution is 5.74. The molecule has 0 aliphatic carbocycles. The van der Waals surface area contributed by atoms with Gasteiger partial charge in [-0.2, -0.15) is 0 Å². The van der Waals surface area contributed by atoms with E-state index in [0.717, 1.165) is 23.5 Å². The van der Waals surface area contributed by atoms with E-state index in [4.69, 9.17) is 9.47 Å². The summed E-state index contributed by atoms with van der Waals surface area (Å²) in [5, 5.41) is 3.02. The predicted molar refractivity (Wildman–Crippen MR) is 101 cm³/mol. The number of methoxy groups -OCH3 is 1. The van der Waals surface area contributed by atoms with Crippen LogP contribution in [0.25, 0.3) is 0 Å². The standard InChI is InChI=1S/C19H28N4O3/c1-6-15(18-20-11-13(3)21-18)22-19(24)23(4)12-14-8-9-16(25-5)17(10-14)26-7-2/h8-11,15H,6-7,12H2,1-5H3,(H,20,21)(H,22,24)/t15-/m0/s1. The summed E-state index contributed by atoms with van der Waals surface area (Å²) in [5.74, 6) is 2.13. The molecule has 0 aliphatic heterocycles. The van der Waals surface area contributed by atoms with Crippen molar-refractivity contribution >= 4 is 6.03 Å². The fourth-order valence-electron chi connectivity index (χ4n) is 2.67. The van der Waals surface area contributed by atoms with E-state index in [-0.39, 0.29) is 12.1 Å². The van der Waals surface area contributed by atoms with Crippen molar-refractivity contribution in [3.8, 4) is 11.5 Å². The summed E-state index contributed by atoms with van der Waals surface area (Å²) in [6.07, 6.45) is 2.52. The maximum absolute atomic E-state index is 12.5. The van der Waals surface area contributed by atoms with Crippen LogP contribution in [0.1, 0.15) is 43.4 Å². The topological polar surface area (TPSA) is 79.5 Å². The van der Waals surface area contributed by atoms with E-state index < -0.39 is 0 Å². The van der Waals surface area contributed by atoms with E-state index in [2.05, 4.69) is 15.3 Å². The smallest absolute Gasteiger partial charge is 0.318 e. The molecule has 2 rings (SSSR count). The monoisotopic (exact) mass is 360 g/mol. The summed E-state index contributed by atoms with van der Waals surface area (Å²) in [4.78, 5) is 21.7. The molecule has 0 spiro atoms. The molecule has 1 heterocycles. The Balaban J connectivity index is 2.03. The van der Waals surface area contributed by atoms with Gasteiger partial charge in [0.2, 0.25) is 0 Å². The van der Waals surface area contributed by atoms with Crippen LogP contribution < -0.4 is 14.8 Å². The lowest BCUT2D eigenvalue weighted by Crippen LogP contribution is -2.39. The average Bonchev–Trinajstić information content (AvgIpc) is 3.06. The van der Waals surface area contributed by atoms with Crippen LogP contribution in [0.5, 0.6) is 11.5 Å². The van der Waals surface area contributed by atoms with Gasteiger partial charge in [0.15, 0.2) is 11.5 Å². The molecule has 0 unspecified atom stereocenters. The lowest BCUT2D eigenvalue weighted by atomic mass is 10.2. The molecular formula is C19H28N4O3. The number of nitrogens with one attached hydrogen (secondary N) is 2. The molecule has 1 aromatic carbocycles. The summed E-state index contributed by atoms with van der Waals surface area (Å²) in [6, 6.07) is 5.39. The first kappa shape index (κ1) is 19.6. The molecular weight excluding hydrogens is 332 g/mol. The molecule has 26 heavy (non-hydrogen) atoms. The Morgan fingerprint density at radius 2 is 2.12 bits per heavy atom. The van der Waals surface area contributed by atoms with Crippen LogP contribution in [-0.4, -0.2) is 41.7 Å². The number of hydrogen-bond donors (Lipinski definition) is 2. The number of urea groups is 1. The number of aromatic amines is 1. The maximum atomic E-state index is 12.5. The molecule has 0 bridgehead atoms. The van der Waals surface area contributed by atoms with Crippen molar-refractivity contribution in [3.05, 3.63) is 41.5 Å². The number of H-pyrrole nitrogens is 1. The number of hydrogen-bond acceptors (Lipinski definition) is 4. The first-order chi connectivity index (χ1) is 12.5. The lowest BCUT2D eigenvalue weighted by molar-refractivity contribution is 0.201. The summed E-state index contributed by atoms with van der Waals surface area (Å²) in [5.41, 5.74) is 1.94. The SMILES string of the molecule is CCOc1cc(CN(C)C(=O)N[C@@H](CC)c2ncc(C)[nH]2)ccc1OC. The predicted octanol–water partition coefficient (Wildman–Crippen LogP) is 3.42. The molecule has 2 aromatic rings. The van der Waals surface area contributed by atoms with E-state index in [9.17, 15) is 4.79 Å². The van der Waals surface area contributed by atoms with Crippen molar-refractivity contribution in [3.63, 3.8) is 0 Å². The molecule has 7 nitrogen and oxygen atoms in total. The first-order valence-electron chi connectivity index (χ1n) is 8.81. The van der Waals surface area contributed by atoms with Gasteiger partial charge in [0.05, 0.1) is 19.8 Å². The fourth-order valence-corrected chi connectivity index (χ4v) is 2.67. The van der Waals surface area contributed by atoms with E-state index in [1.54, 1.807) is 25.3 Å². The number of nitrogens with zero attached hydrogens (tertiary/aromatic N) is 2. The number of amides is 2. The summed E-state index contributed by atoms with van der Waals surface area (Å²) < 4.78 is 10.9. The Morgan fingerprint density at radius 3 is 2.69 bits per heavy atom. The molecule has 0 fully saturated rings. The van der Waals surface area contributed by atoms with Gasteiger partial charge in [-0.3, -0.25) is 0 Å². The molecule has 0 aliphatic rings. The van der Waals surface area contributed by atoms with Crippen LogP contribution in [0.3, 0.4) is 0 Å². The third-order valence-corrected chi connectivity index (χ3v) is 4.05. The molecule has 2 amide bonds. The lowest BCUT2D eigenvalue weighted by Gasteiger charge is -2.22. The third kappa shape index (κ3) is 4.91. The van der Waals surface area contributed by atoms with Gasteiger partial charge in [-0.1, -0.05) is 13.0 Å². The zero-order valence-electron chi connectivity index (χ0n) is 16.1. The van der Waals surface area contributed by atoms with Gasteiger partial charge in [-0.05, 0) is 38.0 Å². The summed E-state index contributed by atoms with van der Waals surface area (Å²) >= 11 is 0. The van der Waals surface area contributed by atoms with Crippen LogP contribution in [0.15, 0.2) is 24.4 Å². The van der Waals surface area contributed by atoms with Crippen molar-refractivity contribution in [2.75, 3.05) is 20.8 Å². The molecule has 1 atom stereocenters. The summed E-state index contributed by atoms with van der Waals surface area (Å²) in [7, 11) is 3.37. The van der Waals surface area contributed by atoms with Crippen molar-refractivity contribution < 1.29 is 14.3 Å². The zero-order chi connectivity index (χ0) is 19.1. The van der Waals surface area contributed by atoms with Crippen LogP contribution in [0.2, 0.25) is 0 Å². The van der Waals surface area contributed by atoms with Gasteiger partial charge >= 0.3 is 6.03 Å². The highest BCUT2D eigenvalue weighted by Crippen LogP contribution is 2.28. The Labute approximate surface area is 154 Å². The van der Waals surface area contributed by atoms with Gasteiger partial charge in [0, 0.05) is 25.5 Å². The number of aromatic nitrogens is 2. The minimum absolute atomic E-state index is 0.145. The minimum Gasteiger partial charge on any atom is -0.493 e. The second kappa shape index (κ2) is 9.12. The first-order valence-corrected chi connectivity index (χ1v) is 8.81. The molecule has 1 aromatic heterocycles. The van der Waals surface area contributed by atoms with E-state index in [0.29, 0.717) is 24.7 Å². The number of carbonyl (C=O) groups excluding carboxylic acids is 1. The number of ether oxygens (including phenoxy) is 2. The zero-order valence-corrected chi connectivity index (χ0v) is 16.1. The number of carbonyl (C=O) groups is 1. The van der Waals surface area contributed by atoms with Crippen molar-refractivity contribution in [1.82, 2.24) is 20.2 Å². The van der Waals surface area contributed by atoms with Crippen molar-refractivity contribution in [2.45, 2.75) is 39.8 Å². The van der Waals surface area contributed by atoms with Gasteiger partial charge in [-0.15, -0.1) is 0 Å². The molecule has 7 heteroatoms. The molecule has 142 valence electrons. The van der Waals surface area contributed by atoms with Crippen LogP contribution in [-0.2, 0) is 6.54 Å². The second-order valence-corrected chi connectivity index (χ2v) is 6.14. The molecule has 0 saturated carbocycles. The normalized spacial score (nSPS) is 11.7. The molecule has 0 saturated heterocycles. The Kier molecular flexibility index (Phi) is 6.89. The number of aryl methyl sites for hydroxylation is 1. The van der Waals surface area contributed by atoms with Crippen LogP contribution in [0.4, 0.5) is 4.79 Å². The summed E-state index contributed by atoms with van der Waals surface area (Å²) in [6.45, 7) is 6.89. The fraction of sp³-hybridized carbons (Fsp3) is 0.474. The highest BCUT2D eigenvalue weighted by Gasteiger charge is 2.18. The van der Waals surface area contributed by atoms with Gasteiger partial charge in [0.25, 0.3) is 0 Å². The van der Waals surface area contributed by atoms with Gasteiger partial charge in [0.1, 0.15) is 5.82 Å². The Hall–Kier alpha value is -2.70. The number of rotatable bonds is 8. The quantitative estimate of drug-likeness (QED) is 0.756. The van der Waals surface area contributed by atoms with E-state index in [1.807, 2.05) is 39.0 Å². The average molecular weight is 360 g/mol. The van der Waals surface area contributed by atoms with Crippen LogP contribution in [0, 0.1) is 6.92 Å². The van der Waals surface area contributed by atoms with E-state index in [1.165, 1.54) is 0 Å². The van der Waals surface area contributed by atoms with Crippen molar-refractivity contribution in [2.24, 2.45) is 0 Å².